The van der Waals surface area contributed by atoms with E-state index in [-0.39, 0.29) is 17.9 Å². The van der Waals surface area contributed by atoms with Gasteiger partial charge < -0.3 is 15.4 Å². The molecule has 0 bridgehead atoms. The van der Waals surface area contributed by atoms with Crippen molar-refractivity contribution in [3.05, 3.63) is 34.2 Å². The number of carboxylic acid groups (broad SMARTS) is 1. The molecule has 1 heterocycles. The summed E-state index contributed by atoms with van der Waals surface area (Å²) in [6.07, 6.45) is 3.80. The number of H-pyrrole nitrogens is 1. The minimum absolute atomic E-state index is 0.0890. The van der Waals surface area contributed by atoms with E-state index in [0.29, 0.717) is 19.4 Å². The molecule has 110 valence electrons. The van der Waals surface area contributed by atoms with Crippen molar-refractivity contribution in [1.29, 1.82) is 0 Å². The lowest BCUT2D eigenvalue weighted by Crippen LogP contribution is -2.30. The van der Waals surface area contributed by atoms with Gasteiger partial charge in [0, 0.05) is 19.2 Å². The predicted molar refractivity (Wildman–Crippen MR) is 74.7 cm³/mol. The van der Waals surface area contributed by atoms with Crippen LogP contribution < -0.4 is 10.9 Å². The molecule has 0 radical (unpaired) electrons. The Morgan fingerprint density at radius 1 is 1.40 bits per heavy atom. The van der Waals surface area contributed by atoms with Crippen LogP contribution in [0.2, 0.25) is 0 Å². The standard InChI is InChI=1S/C14H20N2O4/c1-2-10(5-6-12(17)18)7-9-16-14(20)11-4-3-8-15-13(11)19/h3-4,8,10H,2,5-7,9H2,1H3,(H,15,19)(H,16,20)(H,17,18). The molecule has 0 fully saturated rings. The maximum absolute atomic E-state index is 11.8. The molecule has 3 N–H and O–H groups in total. The summed E-state index contributed by atoms with van der Waals surface area (Å²) in [5, 5.41) is 11.3. The van der Waals surface area contributed by atoms with Crippen molar-refractivity contribution in [2.45, 2.75) is 32.6 Å². The van der Waals surface area contributed by atoms with Gasteiger partial charge >= 0.3 is 5.97 Å². The molecule has 0 saturated carbocycles. The Hall–Kier alpha value is -2.11. The molecule has 0 aliphatic carbocycles. The number of aliphatic carboxylic acids is 1. The first kappa shape index (κ1) is 15.9. The Balaban J connectivity index is 2.39. The van der Waals surface area contributed by atoms with Gasteiger partial charge in [0.05, 0.1) is 0 Å². The molecule has 0 aromatic carbocycles. The number of amides is 1. The van der Waals surface area contributed by atoms with E-state index in [1.165, 1.54) is 12.3 Å². The summed E-state index contributed by atoms with van der Waals surface area (Å²) < 4.78 is 0. The number of hydrogen-bond donors (Lipinski definition) is 3. The van der Waals surface area contributed by atoms with Crippen LogP contribution in [0.15, 0.2) is 23.1 Å². The largest absolute Gasteiger partial charge is 0.481 e. The Bertz CT molecular complexity index is 510. The SMILES string of the molecule is CCC(CCNC(=O)c1ccc[nH]c1=O)CCC(=O)O. The highest BCUT2D eigenvalue weighted by Crippen LogP contribution is 2.14. The normalized spacial score (nSPS) is 11.8. The van der Waals surface area contributed by atoms with Gasteiger partial charge in [-0.15, -0.1) is 0 Å². The summed E-state index contributed by atoms with van der Waals surface area (Å²) in [4.78, 5) is 36.1. The van der Waals surface area contributed by atoms with Crippen molar-refractivity contribution < 1.29 is 14.7 Å². The number of aromatic amines is 1. The van der Waals surface area contributed by atoms with E-state index in [1.807, 2.05) is 6.92 Å². The summed E-state index contributed by atoms with van der Waals surface area (Å²) in [7, 11) is 0. The zero-order valence-corrected chi connectivity index (χ0v) is 11.5. The number of aromatic nitrogens is 1. The van der Waals surface area contributed by atoms with Crippen molar-refractivity contribution in [3.8, 4) is 0 Å². The van der Waals surface area contributed by atoms with E-state index < -0.39 is 17.4 Å². The lowest BCUT2D eigenvalue weighted by atomic mass is 9.96. The molecule has 1 atom stereocenters. The van der Waals surface area contributed by atoms with Crippen molar-refractivity contribution in [2.24, 2.45) is 5.92 Å². The lowest BCUT2D eigenvalue weighted by molar-refractivity contribution is -0.137. The van der Waals surface area contributed by atoms with Crippen LogP contribution in [0.25, 0.3) is 0 Å². The molecule has 1 amide bonds. The second kappa shape index (κ2) is 8.14. The van der Waals surface area contributed by atoms with Gasteiger partial charge in [0.2, 0.25) is 0 Å². The summed E-state index contributed by atoms with van der Waals surface area (Å²) in [6, 6.07) is 3.06. The van der Waals surface area contributed by atoms with Crippen molar-refractivity contribution in [2.75, 3.05) is 6.54 Å². The van der Waals surface area contributed by atoms with E-state index in [0.717, 1.165) is 6.42 Å². The maximum atomic E-state index is 11.8. The molecule has 1 unspecified atom stereocenters. The topological polar surface area (TPSA) is 99.3 Å². The van der Waals surface area contributed by atoms with Gasteiger partial charge in [-0.25, -0.2) is 0 Å². The number of pyridine rings is 1. The molecular weight excluding hydrogens is 260 g/mol. The van der Waals surface area contributed by atoms with Crippen LogP contribution in [-0.4, -0.2) is 28.5 Å². The summed E-state index contributed by atoms with van der Waals surface area (Å²) in [5.41, 5.74) is -0.325. The molecule has 0 aliphatic heterocycles. The van der Waals surface area contributed by atoms with Crippen LogP contribution in [0.1, 0.15) is 43.0 Å². The van der Waals surface area contributed by atoms with Crippen LogP contribution in [0.3, 0.4) is 0 Å². The van der Waals surface area contributed by atoms with Gasteiger partial charge in [0.1, 0.15) is 5.56 Å². The number of nitrogens with one attached hydrogen (secondary N) is 2. The predicted octanol–water partition coefficient (Wildman–Crippen LogP) is 1.39. The molecule has 6 nitrogen and oxygen atoms in total. The van der Waals surface area contributed by atoms with Crippen LogP contribution in [0, 0.1) is 5.92 Å². The van der Waals surface area contributed by atoms with Gasteiger partial charge in [-0.1, -0.05) is 13.3 Å². The van der Waals surface area contributed by atoms with E-state index in [2.05, 4.69) is 10.3 Å². The zero-order chi connectivity index (χ0) is 15.0. The van der Waals surface area contributed by atoms with E-state index in [9.17, 15) is 14.4 Å². The molecule has 6 heteroatoms. The van der Waals surface area contributed by atoms with Gasteiger partial charge in [-0.2, -0.15) is 0 Å². The first-order valence-corrected chi connectivity index (χ1v) is 6.72. The highest BCUT2D eigenvalue weighted by molar-refractivity contribution is 5.93. The molecule has 0 spiro atoms. The molecular formula is C14H20N2O4. The monoisotopic (exact) mass is 280 g/mol. The Morgan fingerprint density at radius 2 is 2.15 bits per heavy atom. The molecule has 1 aromatic rings. The second-order valence-corrected chi connectivity index (χ2v) is 4.66. The van der Waals surface area contributed by atoms with Gasteiger partial charge in [0.25, 0.3) is 11.5 Å². The third-order valence-corrected chi connectivity index (χ3v) is 3.24. The average molecular weight is 280 g/mol. The highest BCUT2D eigenvalue weighted by atomic mass is 16.4. The van der Waals surface area contributed by atoms with Gasteiger partial charge in [0.15, 0.2) is 0 Å². The number of hydrogen-bond acceptors (Lipinski definition) is 3. The third kappa shape index (κ3) is 5.26. The fraction of sp³-hybridized carbons (Fsp3) is 0.500. The average Bonchev–Trinajstić information content (AvgIpc) is 2.42. The molecule has 1 aromatic heterocycles. The smallest absolute Gasteiger partial charge is 0.303 e. The van der Waals surface area contributed by atoms with Crippen LogP contribution >= 0.6 is 0 Å². The second-order valence-electron chi connectivity index (χ2n) is 4.66. The van der Waals surface area contributed by atoms with Crippen molar-refractivity contribution >= 4 is 11.9 Å². The van der Waals surface area contributed by atoms with E-state index in [4.69, 9.17) is 5.11 Å². The van der Waals surface area contributed by atoms with E-state index >= 15 is 0 Å². The lowest BCUT2D eigenvalue weighted by Gasteiger charge is -2.13. The van der Waals surface area contributed by atoms with Gasteiger partial charge in [-0.05, 0) is 30.9 Å². The fourth-order valence-corrected chi connectivity index (χ4v) is 1.97. The molecule has 20 heavy (non-hydrogen) atoms. The number of carbonyl (C=O) groups excluding carboxylic acids is 1. The van der Waals surface area contributed by atoms with Gasteiger partial charge in [-0.3, -0.25) is 14.4 Å². The molecule has 0 aliphatic rings. The number of carboxylic acids is 1. The molecule has 1 rings (SSSR count). The Labute approximate surface area is 117 Å². The Morgan fingerprint density at radius 3 is 2.75 bits per heavy atom. The van der Waals surface area contributed by atoms with Crippen LogP contribution in [0.4, 0.5) is 0 Å². The third-order valence-electron chi connectivity index (χ3n) is 3.24. The summed E-state index contributed by atoms with van der Waals surface area (Å²) >= 11 is 0. The van der Waals surface area contributed by atoms with Crippen LogP contribution in [0.5, 0.6) is 0 Å². The maximum Gasteiger partial charge on any atom is 0.303 e. The highest BCUT2D eigenvalue weighted by Gasteiger charge is 2.12. The summed E-state index contributed by atoms with van der Waals surface area (Å²) in [5.74, 6) is -0.941. The quantitative estimate of drug-likeness (QED) is 0.670. The minimum atomic E-state index is -0.802. The zero-order valence-electron chi connectivity index (χ0n) is 11.5. The minimum Gasteiger partial charge on any atom is -0.481 e. The first-order valence-electron chi connectivity index (χ1n) is 6.72. The number of carbonyl (C=O) groups is 2. The first-order chi connectivity index (χ1) is 9.54. The number of rotatable bonds is 8. The van der Waals surface area contributed by atoms with Crippen LogP contribution in [-0.2, 0) is 4.79 Å². The Kier molecular flexibility index (Phi) is 6.49. The molecule has 0 saturated heterocycles. The summed E-state index contributed by atoms with van der Waals surface area (Å²) in [6.45, 7) is 2.43. The van der Waals surface area contributed by atoms with Crippen molar-refractivity contribution in [3.63, 3.8) is 0 Å². The van der Waals surface area contributed by atoms with E-state index in [1.54, 1.807) is 6.07 Å². The van der Waals surface area contributed by atoms with Crippen molar-refractivity contribution in [1.82, 2.24) is 10.3 Å². The fourth-order valence-electron chi connectivity index (χ4n) is 1.97.